The number of rotatable bonds is 7. The van der Waals surface area contributed by atoms with E-state index in [0.29, 0.717) is 0 Å². The monoisotopic (exact) mass is 353 g/mol. The maximum Gasteiger partial charge on any atom is 0.223 e. The number of likely N-dealkylation sites (N-methyl/N-ethyl adjacent to an activating group) is 1. The summed E-state index contributed by atoms with van der Waals surface area (Å²) in [7, 11) is -3.43. The first-order valence-corrected chi connectivity index (χ1v) is 10.1. The molecule has 1 aliphatic rings. The minimum Gasteiger partial charge on any atom is -0.340 e. The fourth-order valence-electron chi connectivity index (χ4n) is 2.81. The molecule has 1 heterocycles. The second-order valence-corrected chi connectivity index (χ2v) is 7.95. The van der Waals surface area contributed by atoms with Gasteiger partial charge in [0.05, 0.1) is 5.75 Å². The van der Waals surface area contributed by atoms with Gasteiger partial charge in [0.25, 0.3) is 0 Å². The van der Waals surface area contributed by atoms with E-state index in [9.17, 15) is 13.2 Å². The van der Waals surface area contributed by atoms with E-state index < -0.39 is 10.0 Å². The maximum absolute atomic E-state index is 12.2. The Balaban J connectivity index is 1.76. The summed E-state index contributed by atoms with van der Waals surface area (Å²) in [5.41, 5.74) is 1.74. The third-order valence-corrected chi connectivity index (χ3v) is 5.77. The van der Waals surface area contributed by atoms with Gasteiger partial charge in [-0.25, -0.2) is 13.1 Å². The Morgan fingerprint density at radius 2 is 1.83 bits per heavy atom. The summed E-state index contributed by atoms with van der Waals surface area (Å²) in [5, 5.41) is 0. The van der Waals surface area contributed by atoms with Crippen molar-refractivity contribution in [2.75, 3.05) is 39.3 Å². The van der Waals surface area contributed by atoms with Gasteiger partial charge >= 0.3 is 0 Å². The molecule has 0 spiro atoms. The Labute approximate surface area is 144 Å². The topological polar surface area (TPSA) is 69.7 Å². The number of carbonyl (C=O) groups excluding carboxylic acids is 1. The van der Waals surface area contributed by atoms with Crippen LogP contribution in [0.25, 0.3) is 0 Å². The van der Waals surface area contributed by atoms with E-state index in [-0.39, 0.29) is 24.6 Å². The molecule has 1 aromatic carbocycles. The van der Waals surface area contributed by atoms with Gasteiger partial charge in [-0.15, -0.1) is 0 Å². The molecule has 7 heteroatoms. The molecular formula is C17H27N3O3S. The van der Waals surface area contributed by atoms with Crippen LogP contribution in [0.5, 0.6) is 0 Å². The van der Waals surface area contributed by atoms with Gasteiger partial charge in [-0.3, -0.25) is 4.79 Å². The number of benzene rings is 1. The molecular weight excluding hydrogens is 326 g/mol. The number of nitrogens with one attached hydrogen (secondary N) is 1. The molecule has 1 fully saturated rings. The Bertz CT molecular complexity index is 653. The number of carbonyl (C=O) groups is 1. The van der Waals surface area contributed by atoms with Gasteiger partial charge in [0.2, 0.25) is 15.9 Å². The molecule has 24 heavy (non-hydrogen) atoms. The van der Waals surface area contributed by atoms with Crippen LogP contribution >= 0.6 is 0 Å². The van der Waals surface area contributed by atoms with E-state index in [1.165, 1.54) is 0 Å². The summed E-state index contributed by atoms with van der Waals surface area (Å²) < 4.78 is 26.8. The standard InChI is InChI=1S/C17H27N3O3S/c1-3-19-10-12-20(13-11-19)17(21)8-9-18-24(22,23)14-16-7-5-4-6-15(16)2/h4-7,18H,3,8-14H2,1-2H3. The minimum absolute atomic E-state index is 0.0179. The quantitative estimate of drug-likeness (QED) is 0.793. The van der Waals surface area contributed by atoms with Crippen molar-refractivity contribution in [3.63, 3.8) is 0 Å². The average Bonchev–Trinajstić information content (AvgIpc) is 2.56. The number of hydrogen-bond donors (Lipinski definition) is 1. The van der Waals surface area contributed by atoms with E-state index in [0.717, 1.165) is 43.9 Å². The van der Waals surface area contributed by atoms with Crippen molar-refractivity contribution in [1.29, 1.82) is 0 Å². The molecule has 0 bridgehead atoms. The van der Waals surface area contributed by atoms with Crippen molar-refractivity contribution in [3.8, 4) is 0 Å². The van der Waals surface area contributed by atoms with Crippen LogP contribution in [0.2, 0.25) is 0 Å². The molecule has 1 amide bonds. The zero-order valence-electron chi connectivity index (χ0n) is 14.5. The molecule has 0 aliphatic carbocycles. The van der Waals surface area contributed by atoms with Crippen molar-refractivity contribution < 1.29 is 13.2 Å². The Morgan fingerprint density at radius 1 is 1.17 bits per heavy atom. The van der Waals surface area contributed by atoms with Gasteiger partial charge in [-0.2, -0.15) is 0 Å². The summed E-state index contributed by atoms with van der Waals surface area (Å²) in [4.78, 5) is 16.3. The summed E-state index contributed by atoms with van der Waals surface area (Å²) in [6.45, 7) is 8.39. The highest BCUT2D eigenvalue weighted by atomic mass is 32.2. The largest absolute Gasteiger partial charge is 0.340 e. The number of piperazine rings is 1. The summed E-state index contributed by atoms with van der Waals surface area (Å²) in [6, 6.07) is 7.42. The Hall–Kier alpha value is -1.44. The Morgan fingerprint density at radius 3 is 2.46 bits per heavy atom. The molecule has 0 saturated carbocycles. The average molecular weight is 353 g/mol. The molecule has 0 unspecified atom stereocenters. The number of sulfonamides is 1. The highest BCUT2D eigenvalue weighted by Gasteiger charge is 2.20. The lowest BCUT2D eigenvalue weighted by Gasteiger charge is -2.34. The number of hydrogen-bond acceptors (Lipinski definition) is 4. The number of aryl methyl sites for hydroxylation is 1. The molecule has 0 atom stereocenters. The lowest BCUT2D eigenvalue weighted by Crippen LogP contribution is -2.49. The second-order valence-electron chi connectivity index (χ2n) is 6.14. The molecule has 1 aromatic rings. The van der Waals surface area contributed by atoms with Gasteiger partial charge in [0.1, 0.15) is 0 Å². The van der Waals surface area contributed by atoms with E-state index in [2.05, 4.69) is 16.5 Å². The van der Waals surface area contributed by atoms with Crippen LogP contribution in [0, 0.1) is 6.92 Å². The smallest absolute Gasteiger partial charge is 0.223 e. The van der Waals surface area contributed by atoms with E-state index in [1.807, 2.05) is 36.1 Å². The Kier molecular flexibility index (Phi) is 6.77. The molecule has 1 N–H and O–H groups in total. The first-order chi connectivity index (χ1) is 11.4. The third-order valence-electron chi connectivity index (χ3n) is 4.44. The molecule has 1 saturated heterocycles. The summed E-state index contributed by atoms with van der Waals surface area (Å²) in [5.74, 6) is -0.0346. The molecule has 1 aliphatic heterocycles. The van der Waals surface area contributed by atoms with Gasteiger partial charge in [-0.1, -0.05) is 31.2 Å². The van der Waals surface area contributed by atoms with Crippen molar-refractivity contribution in [2.45, 2.75) is 26.0 Å². The number of amides is 1. The third kappa shape index (κ3) is 5.58. The van der Waals surface area contributed by atoms with Crippen molar-refractivity contribution in [2.24, 2.45) is 0 Å². The van der Waals surface area contributed by atoms with Gasteiger partial charge in [0.15, 0.2) is 0 Å². The molecule has 0 radical (unpaired) electrons. The summed E-state index contributed by atoms with van der Waals surface area (Å²) >= 11 is 0. The normalized spacial score (nSPS) is 16.3. The molecule has 2 rings (SSSR count). The van der Waals surface area contributed by atoms with E-state index >= 15 is 0 Å². The van der Waals surface area contributed by atoms with E-state index in [4.69, 9.17) is 0 Å². The maximum atomic E-state index is 12.2. The highest BCUT2D eigenvalue weighted by molar-refractivity contribution is 7.88. The zero-order chi connectivity index (χ0) is 17.6. The molecule has 6 nitrogen and oxygen atoms in total. The van der Waals surface area contributed by atoms with Crippen LogP contribution in [-0.2, 0) is 20.6 Å². The van der Waals surface area contributed by atoms with E-state index in [1.54, 1.807) is 0 Å². The fraction of sp³-hybridized carbons (Fsp3) is 0.588. The molecule has 134 valence electrons. The minimum atomic E-state index is -3.43. The summed E-state index contributed by atoms with van der Waals surface area (Å²) in [6.07, 6.45) is 0.207. The predicted octanol–water partition coefficient (Wildman–Crippen LogP) is 0.969. The lowest BCUT2D eigenvalue weighted by molar-refractivity contribution is -0.132. The van der Waals surface area contributed by atoms with Crippen molar-refractivity contribution in [1.82, 2.24) is 14.5 Å². The fourth-order valence-corrected chi connectivity index (χ4v) is 4.06. The first-order valence-electron chi connectivity index (χ1n) is 8.43. The van der Waals surface area contributed by atoms with Gasteiger partial charge < -0.3 is 9.80 Å². The van der Waals surface area contributed by atoms with Crippen molar-refractivity contribution in [3.05, 3.63) is 35.4 Å². The van der Waals surface area contributed by atoms with Crippen LogP contribution in [0.4, 0.5) is 0 Å². The second kappa shape index (κ2) is 8.60. The number of nitrogens with zero attached hydrogens (tertiary/aromatic N) is 2. The van der Waals surface area contributed by atoms with Gasteiger partial charge in [-0.05, 0) is 24.6 Å². The van der Waals surface area contributed by atoms with Crippen LogP contribution in [0.3, 0.4) is 0 Å². The van der Waals surface area contributed by atoms with Crippen molar-refractivity contribution >= 4 is 15.9 Å². The SMILES string of the molecule is CCN1CCN(C(=O)CCNS(=O)(=O)Cc2ccccc2C)CC1. The first kappa shape index (κ1) is 18.9. The van der Waals surface area contributed by atoms with Gasteiger partial charge in [0, 0.05) is 39.1 Å². The van der Waals surface area contributed by atoms with Crippen LogP contribution in [-0.4, -0.2) is 63.4 Å². The lowest BCUT2D eigenvalue weighted by atomic mass is 10.1. The zero-order valence-corrected chi connectivity index (χ0v) is 15.3. The predicted molar refractivity (Wildman–Crippen MR) is 95.1 cm³/mol. The van der Waals surface area contributed by atoms with Crippen LogP contribution < -0.4 is 4.72 Å². The molecule has 0 aromatic heterocycles. The van der Waals surface area contributed by atoms with Crippen LogP contribution in [0.1, 0.15) is 24.5 Å². The van der Waals surface area contributed by atoms with Crippen LogP contribution in [0.15, 0.2) is 24.3 Å². The highest BCUT2D eigenvalue weighted by Crippen LogP contribution is 2.10.